The van der Waals surface area contributed by atoms with Crippen LogP contribution in [0.2, 0.25) is 0 Å². The van der Waals surface area contributed by atoms with E-state index in [1.54, 1.807) is 0 Å². The van der Waals surface area contributed by atoms with Crippen molar-refractivity contribution in [2.24, 2.45) is 0 Å². The number of benzene rings is 1. The van der Waals surface area contributed by atoms with Crippen molar-refractivity contribution in [3.05, 3.63) is 29.8 Å². The van der Waals surface area contributed by atoms with Gasteiger partial charge >= 0.3 is 29.2 Å². The van der Waals surface area contributed by atoms with Crippen LogP contribution in [-0.4, -0.2) is 30.2 Å². The van der Waals surface area contributed by atoms with Crippen molar-refractivity contribution >= 4 is 23.1 Å². The molecule has 0 N–H and O–H groups in total. The van der Waals surface area contributed by atoms with Gasteiger partial charge in [0.2, 0.25) is 0 Å². The molecular formula is C8H6BrF3MgO. The summed E-state index contributed by atoms with van der Waals surface area (Å²) in [4.78, 5) is 0. The van der Waals surface area contributed by atoms with Crippen LogP contribution in [0.3, 0.4) is 0 Å². The molecule has 74 valence electrons. The van der Waals surface area contributed by atoms with Gasteiger partial charge in [-0.1, -0.05) is 5.56 Å². The van der Waals surface area contributed by atoms with Gasteiger partial charge in [-0.3, -0.25) is 0 Å². The molecule has 1 rings (SSSR count). The van der Waals surface area contributed by atoms with E-state index in [9.17, 15) is 13.2 Å². The number of hydrogen-bond acceptors (Lipinski definition) is 1. The molecular weight excluding hydrogens is 273 g/mol. The van der Waals surface area contributed by atoms with E-state index >= 15 is 0 Å². The first-order chi connectivity index (χ1) is 5.54. The molecule has 0 heterocycles. The minimum Gasteiger partial charge on any atom is -1.00 e. The average molecular weight is 279 g/mol. The van der Waals surface area contributed by atoms with Gasteiger partial charge < -0.3 is 21.7 Å². The Hall–Kier alpha value is 0.0562. The summed E-state index contributed by atoms with van der Waals surface area (Å²) in [6.07, 6.45) is -4.30. The summed E-state index contributed by atoms with van der Waals surface area (Å²) >= 11 is 0. The van der Waals surface area contributed by atoms with Gasteiger partial charge in [0.1, 0.15) is 0 Å². The number of hydrogen-bond donors (Lipinski definition) is 0. The average Bonchev–Trinajstić information content (AvgIpc) is 2.03. The van der Waals surface area contributed by atoms with E-state index in [1.807, 2.05) is 0 Å². The fourth-order valence-corrected chi connectivity index (χ4v) is 0.714. The van der Waals surface area contributed by atoms with Crippen molar-refractivity contribution in [2.45, 2.75) is 6.18 Å². The maximum atomic E-state index is 12.0. The summed E-state index contributed by atoms with van der Waals surface area (Å²) < 4.78 is 40.5. The van der Waals surface area contributed by atoms with E-state index in [1.165, 1.54) is 13.2 Å². The molecule has 0 atom stereocenters. The van der Waals surface area contributed by atoms with Gasteiger partial charge in [0.15, 0.2) is 0 Å². The minimum atomic E-state index is -4.30. The van der Waals surface area contributed by atoms with Gasteiger partial charge in [0.25, 0.3) is 0 Å². The minimum absolute atomic E-state index is 0. The molecule has 1 aromatic rings. The van der Waals surface area contributed by atoms with Gasteiger partial charge in [-0.15, -0.1) is 12.1 Å². The summed E-state index contributed by atoms with van der Waals surface area (Å²) in [5, 5.41) is 0. The molecule has 0 saturated heterocycles. The monoisotopic (exact) mass is 278 g/mol. The van der Waals surface area contributed by atoms with E-state index in [0.717, 1.165) is 12.1 Å². The second-order valence-electron chi connectivity index (χ2n) is 2.14. The van der Waals surface area contributed by atoms with Crippen LogP contribution in [0, 0.1) is 6.07 Å². The number of rotatable bonds is 1. The SMILES string of the molecule is COc1[c-]cc(C(F)(F)F)cc1.[Br-].[Mg+2]. The van der Waals surface area contributed by atoms with Crippen LogP contribution < -0.4 is 21.7 Å². The van der Waals surface area contributed by atoms with E-state index in [0.29, 0.717) is 5.75 Å². The Balaban J connectivity index is 0. The Kier molecular flexibility index (Phi) is 7.68. The fraction of sp³-hybridized carbons (Fsp3) is 0.250. The number of halogens is 4. The van der Waals surface area contributed by atoms with Crippen molar-refractivity contribution in [3.63, 3.8) is 0 Å². The predicted molar refractivity (Wildman–Crippen MR) is 42.6 cm³/mol. The predicted octanol–water partition coefficient (Wildman–Crippen LogP) is -0.863. The third-order valence-corrected chi connectivity index (χ3v) is 1.33. The third kappa shape index (κ3) is 4.52. The van der Waals surface area contributed by atoms with E-state index in [4.69, 9.17) is 0 Å². The molecule has 14 heavy (non-hydrogen) atoms. The number of ether oxygens (including phenoxy) is 1. The molecule has 1 aromatic carbocycles. The van der Waals surface area contributed by atoms with Gasteiger partial charge in [0, 0.05) is 5.75 Å². The molecule has 0 bridgehead atoms. The molecule has 0 spiro atoms. The van der Waals surface area contributed by atoms with Gasteiger partial charge in [-0.05, 0) is 0 Å². The van der Waals surface area contributed by atoms with Crippen molar-refractivity contribution in [1.82, 2.24) is 0 Å². The molecule has 0 saturated carbocycles. The molecule has 0 aliphatic heterocycles. The third-order valence-electron chi connectivity index (χ3n) is 1.33. The van der Waals surface area contributed by atoms with Crippen molar-refractivity contribution in [1.29, 1.82) is 0 Å². The first kappa shape index (κ1) is 16.5. The topological polar surface area (TPSA) is 9.23 Å². The standard InChI is InChI=1S/C8H6F3O.BrH.Mg/c1-12-7-4-2-6(3-5-7)8(9,10)11;;/h2-4H,1H3;1H;/q-1;;+2/p-1. The zero-order chi connectivity index (χ0) is 9.19. The molecule has 0 aromatic heterocycles. The second-order valence-corrected chi connectivity index (χ2v) is 2.14. The van der Waals surface area contributed by atoms with Crippen LogP contribution >= 0.6 is 0 Å². The molecule has 0 unspecified atom stereocenters. The second kappa shape index (κ2) is 6.52. The summed E-state index contributed by atoms with van der Waals surface area (Å²) in [5.74, 6) is 0.294. The Morgan fingerprint density at radius 3 is 2.14 bits per heavy atom. The van der Waals surface area contributed by atoms with Gasteiger partial charge in [-0.2, -0.15) is 25.3 Å². The molecule has 0 amide bonds. The Morgan fingerprint density at radius 2 is 1.86 bits per heavy atom. The van der Waals surface area contributed by atoms with Crippen LogP contribution in [-0.2, 0) is 6.18 Å². The van der Waals surface area contributed by atoms with Crippen LogP contribution in [0.15, 0.2) is 18.2 Å². The van der Waals surface area contributed by atoms with Crippen molar-refractivity contribution in [2.75, 3.05) is 7.11 Å². The quantitative estimate of drug-likeness (QED) is 0.480. The van der Waals surface area contributed by atoms with Crippen molar-refractivity contribution < 1.29 is 34.9 Å². The molecule has 0 aliphatic rings. The molecule has 6 heteroatoms. The van der Waals surface area contributed by atoms with Crippen LogP contribution in [0.5, 0.6) is 5.75 Å². The van der Waals surface area contributed by atoms with Gasteiger partial charge in [-0.25, -0.2) is 0 Å². The maximum Gasteiger partial charge on any atom is 2.00 e. The molecule has 0 aliphatic carbocycles. The largest absolute Gasteiger partial charge is 2.00 e. The van der Waals surface area contributed by atoms with Crippen molar-refractivity contribution in [3.8, 4) is 5.75 Å². The number of methoxy groups -OCH3 is 1. The fourth-order valence-electron chi connectivity index (χ4n) is 0.714. The summed E-state index contributed by atoms with van der Waals surface area (Å²) in [5.41, 5.74) is -0.719. The molecule has 1 nitrogen and oxygen atoms in total. The Morgan fingerprint density at radius 1 is 1.29 bits per heavy atom. The van der Waals surface area contributed by atoms with Crippen LogP contribution in [0.1, 0.15) is 5.56 Å². The maximum absolute atomic E-state index is 12.0. The summed E-state index contributed by atoms with van der Waals surface area (Å²) in [7, 11) is 1.37. The summed E-state index contributed by atoms with van der Waals surface area (Å²) in [6, 6.07) is 5.39. The van der Waals surface area contributed by atoms with Crippen LogP contribution in [0.25, 0.3) is 0 Å². The van der Waals surface area contributed by atoms with E-state index in [-0.39, 0.29) is 40.0 Å². The zero-order valence-electron chi connectivity index (χ0n) is 7.36. The molecule has 0 fully saturated rings. The first-order valence-electron chi connectivity index (χ1n) is 3.17. The molecule has 0 radical (unpaired) electrons. The van der Waals surface area contributed by atoms with E-state index in [2.05, 4.69) is 10.8 Å². The Bertz CT molecular complexity index is 260. The zero-order valence-corrected chi connectivity index (χ0v) is 10.4. The van der Waals surface area contributed by atoms with Crippen LogP contribution in [0.4, 0.5) is 13.2 Å². The van der Waals surface area contributed by atoms with Gasteiger partial charge in [0.05, 0.1) is 7.11 Å². The smallest absolute Gasteiger partial charge is 1.00 e. The van der Waals surface area contributed by atoms with E-state index < -0.39 is 11.7 Å². The summed E-state index contributed by atoms with van der Waals surface area (Å²) in [6.45, 7) is 0. The number of alkyl halides is 3. The normalized spacial score (nSPS) is 9.71. The first-order valence-corrected chi connectivity index (χ1v) is 3.17. The Labute approximate surface area is 107 Å².